The van der Waals surface area contributed by atoms with E-state index in [0.717, 1.165) is 17.2 Å². The molecule has 138 valence electrons. The zero-order valence-corrected chi connectivity index (χ0v) is 15.1. The van der Waals surface area contributed by atoms with Crippen molar-refractivity contribution in [2.45, 2.75) is 0 Å². The Labute approximate surface area is 163 Å². The number of ether oxygens (including phenoxy) is 3. The fraction of sp³-hybridized carbons (Fsp3) is 0. The molecule has 0 aromatic heterocycles. The van der Waals surface area contributed by atoms with E-state index in [0.29, 0.717) is 22.9 Å². The van der Waals surface area contributed by atoms with Crippen LogP contribution in [0.2, 0.25) is 0 Å². The highest BCUT2D eigenvalue weighted by Crippen LogP contribution is 2.30. The summed E-state index contributed by atoms with van der Waals surface area (Å²) < 4.78 is 17.6. The average molecular weight is 369 g/mol. The molecule has 4 aromatic carbocycles. The quantitative estimate of drug-likeness (QED) is 0.387. The highest BCUT2D eigenvalue weighted by Gasteiger charge is 2.03. The van der Waals surface area contributed by atoms with Gasteiger partial charge < -0.3 is 19.9 Å². The van der Waals surface area contributed by atoms with Crippen LogP contribution in [0.3, 0.4) is 0 Å². The van der Waals surface area contributed by atoms with Crippen molar-refractivity contribution in [3.8, 4) is 34.5 Å². The number of nitrogens with two attached hydrogens (primary N) is 1. The lowest BCUT2D eigenvalue weighted by molar-refractivity contribution is 0.457. The van der Waals surface area contributed by atoms with Crippen molar-refractivity contribution < 1.29 is 14.2 Å². The van der Waals surface area contributed by atoms with Crippen LogP contribution in [0.25, 0.3) is 0 Å². The lowest BCUT2D eigenvalue weighted by Gasteiger charge is -2.10. The summed E-state index contributed by atoms with van der Waals surface area (Å²) in [5.74, 6) is 4.35. The first-order valence-electron chi connectivity index (χ1n) is 8.89. The predicted octanol–water partition coefficient (Wildman–Crippen LogP) is 6.65. The van der Waals surface area contributed by atoms with Gasteiger partial charge in [-0.3, -0.25) is 0 Å². The van der Waals surface area contributed by atoms with E-state index >= 15 is 0 Å². The molecule has 0 aliphatic carbocycles. The molecule has 4 aromatic rings. The van der Waals surface area contributed by atoms with Gasteiger partial charge in [0.05, 0.1) is 0 Å². The van der Waals surface area contributed by atoms with E-state index in [-0.39, 0.29) is 0 Å². The molecule has 0 aliphatic heterocycles. The third-order valence-electron chi connectivity index (χ3n) is 3.96. The monoisotopic (exact) mass is 369 g/mol. The van der Waals surface area contributed by atoms with Gasteiger partial charge in [0, 0.05) is 11.8 Å². The second kappa shape index (κ2) is 8.18. The molecule has 0 aliphatic rings. The Hall–Kier alpha value is -3.92. The normalized spacial score (nSPS) is 10.3. The van der Waals surface area contributed by atoms with Gasteiger partial charge in [-0.1, -0.05) is 24.3 Å². The lowest BCUT2D eigenvalue weighted by atomic mass is 10.3. The third kappa shape index (κ3) is 4.62. The standard InChI is InChI=1S/C24H19NO3/c25-18-9-11-20(12-10-18)26-21-13-15-22(16-14-21)28-24-8-4-7-23(17-24)27-19-5-2-1-3-6-19/h1-17H,25H2. The summed E-state index contributed by atoms with van der Waals surface area (Å²) in [6.07, 6.45) is 0. The van der Waals surface area contributed by atoms with Gasteiger partial charge >= 0.3 is 0 Å². The topological polar surface area (TPSA) is 53.7 Å². The maximum absolute atomic E-state index is 5.93. The molecule has 4 nitrogen and oxygen atoms in total. The molecule has 2 N–H and O–H groups in total. The maximum Gasteiger partial charge on any atom is 0.131 e. The predicted molar refractivity (Wildman–Crippen MR) is 110 cm³/mol. The molecule has 0 saturated heterocycles. The molecule has 4 heteroatoms. The van der Waals surface area contributed by atoms with Crippen molar-refractivity contribution in [1.29, 1.82) is 0 Å². The second-order valence-corrected chi connectivity index (χ2v) is 6.13. The van der Waals surface area contributed by atoms with Crippen molar-refractivity contribution in [2.24, 2.45) is 0 Å². The lowest BCUT2D eigenvalue weighted by Crippen LogP contribution is -1.88. The molecule has 0 atom stereocenters. The Morgan fingerprint density at radius 3 is 1.32 bits per heavy atom. The van der Waals surface area contributed by atoms with Gasteiger partial charge in [0.25, 0.3) is 0 Å². The summed E-state index contributed by atoms with van der Waals surface area (Å²) in [6.45, 7) is 0. The summed E-state index contributed by atoms with van der Waals surface area (Å²) in [5.41, 5.74) is 6.39. The van der Waals surface area contributed by atoms with E-state index in [1.807, 2.05) is 91.0 Å². The van der Waals surface area contributed by atoms with Crippen molar-refractivity contribution >= 4 is 5.69 Å². The van der Waals surface area contributed by atoms with E-state index in [9.17, 15) is 0 Å². The van der Waals surface area contributed by atoms with Gasteiger partial charge in [0.1, 0.15) is 34.5 Å². The average Bonchev–Trinajstić information content (AvgIpc) is 2.72. The molecule has 0 amide bonds. The van der Waals surface area contributed by atoms with Crippen molar-refractivity contribution in [3.63, 3.8) is 0 Å². The molecule has 0 spiro atoms. The fourth-order valence-corrected chi connectivity index (χ4v) is 2.61. The van der Waals surface area contributed by atoms with Crippen LogP contribution in [0.15, 0.2) is 103 Å². The second-order valence-electron chi connectivity index (χ2n) is 6.13. The highest BCUT2D eigenvalue weighted by molar-refractivity contribution is 5.44. The van der Waals surface area contributed by atoms with Crippen LogP contribution in [0, 0.1) is 0 Å². The van der Waals surface area contributed by atoms with Crippen molar-refractivity contribution in [3.05, 3.63) is 103 Å². The van der Waals surface area contributed by atoms with Crippen LogP contribution >= 0.6 is 0 Å². The number of hydrogen-bond donors (Lipinski definition) is 1. The molecule has 0 saturated carbocycles. The molecular weight excluding hydrogens is 350 g/mol. The number of benzene rings is 4. The van der Waals surface area contributed by atoms with Crippen LogP contribution in [0.5, 0.6) is 34.5 Å². The first-order chi connectivity index (χ1) is 13.7. The SMILES string of the molecule is Nc1ccc(Oc2ccc(Oc3cccc(Oc4ccccc4)c3)cc2)cc1. The van der Waals surface area contributed by atoms with Gasteiger partial charge in [0.15, 0.2) is 0 Å². The number of para-hydroxylation sites is 1. The summed E-state index contributed by atoms with van der Waals surface area (Å²) in [5, 5.41) is 0. The van der Waals surface area contributed by atoms with Gasteiger partial charge in [-0.05, 0) is 72.8 Å². The molecular formula is C24H19NO3. The smallest absolute Gasteiger partial charge is 0.131 e. The minimum atomic E-state index is 0.695. The molecule has 28 heavy (non-hydrogen) atoms. The molecule has 0 unspecified atom stereocenters. The largest absolute Gasteiger partial charge is 0.457 e. The molecule has 0 radical (unpaired) electrons. The van der Waals surface area contributed by atoms with E-state index in [1.165, 1.54) is 0 Å². The summed E-state index contributed by atoms with van der Waals surface area (Å²) in [7, 11) is 0. The number of rotatable bonds is 6. The van der Waals surface area contributed by atoms with E-state index in [2.05, 4.69) is 0 Å². The molecule has 0 fully saturated rings. The zero-order chi connectivity index (χ0) is 19.2. The Kier molecular flexibility index (Phi) is 5.11. The Morgan fingerprint density at radius 2 is 0.786 bits per heavy atom. The maximum atomic E-state index is 5.93. The first-order valence-corrected chi connectivity index (χ1v) is 8.89. The minimum Gasteiger partial charge on any atom is -0.457 e. The van der Waals surface area contributed by atoms with Gasteiger partial charge in [-0.15, -0.1) is 0 Å². The first kappa shape index (κ1) is 17.5. The Balaban J connectivity index is 1.41. The van der Waals surface area contributed by atoms with Gasteiger partial charge in [0.2, 0.25) is 0 Å². The fourth-order valence-electron chi connectivity index (χ4n) is 2.61. The minimum absolute atomic E-state index is 0.695. The Bertz CT molecular complexity index is 1030. The van der Waals surface area contributed by atoms with Crippen molar-refractivity contribution in [1.82, 2.24) is 0 Å². The van der Waals surface area contributed by atoms with Crippen LogP contribution < -0.4 is 19.9 Å². The molecule has 4 rings (SSSR count). The molecule has 0 bridgehead atoms. The summed E-state index contributed by atoms with van der Waals surface area (Å²) in [6, 6.07) is 31.9. The highest BCUT2D eigenvalue weighted by atomic mass is 16.5. The van der Waals surface area contributed by atoms with Crippen LogP contribution in [0.4, 0.5) is 5.69 Å². The van der Waals surface area contributed by atoms with E-state index in [1.54, 1.807) is 12.1 Å². The number of hydrogen-bond acceptors (Lipinski definition) is 4. The van der Waals surface area contributed by atoms with Gasteiger partial charge in [-0.2, -0.15) is 0 Å². The van der Waals surface area contributed by atoms with Crippen LogP contribution in [-0.4, -0.2) is 0 Å². The van der Waals surface area contributed by atoms with Crippen LogP contribution in [-0.2, 0) is 0 Å². The summed E-state index contributed by atoms with van der Waals surface area (Å²) >= 11 is 0. The number of nitrogen functional groups attached to an aromatic ring is 1. The van der Waals surface area contributed by atoms with Gasteiger partial charge in [-0.25, -0.2) is 0 Å². The van der Waals surface area contributed by atoms with Crippen molar-refractivity contribution in [2.75, 3.05) is 5.73 Å². The zero-order valence-electron chi connectivity index (χ0n) is 15.1. The summed E-state index contributed by atoms with van der Waals surface area (Å²) in [4.78, 5) is 0. The third-order valence-corrected chi connectivity index (χ3v) is 3.96. The van der Waals surface area contributed by atoms with E-state index in [4.69, 9.17) is 19.9 Å². The van der Waals surface area contributed by atoms with E-state index < -0.39 is 0 Å². The van der Waals surface area contributed by atoms with Crippen LogP contribution in [0.1, 0.15) is 0 Å². The Morgan fingerprint density at radius 1 is 0.393 bits per heavy atom. The molecule has 0 heterocycles. The number of anilines is 1.